The molecule has 6 nitrogen and oxygen atoms in total. The van der Waals surface area contributed by atoms with Gasteiger partial charge in [-0.25, -0.2) is 0 Å². The SMILES string of the molecule is CN(CCNC(=O)c1cccc(-c2noc(C(F)(F)F)n2)c1)c1ccc2c(-c3ccccc3)csc2c1. The number of hydrogen-bond donors (Lipinski definition) is 1. The van der Waals surface area contributed by atoms with Crippen LogP contribution in [0.2, 0.25) is 0 Å². The van der Waals surface area contributed by atoms with Gasteiger partial charge in [-0.15, -0.1) is 11.3 Å². The number of hydrogen-bond acceptors (Lipinski definition) is 6. The van der Waals surface area contributed by atoms with E-state index >= 15 is 0 Å². The van der Waals surface area contributed by atoms with Crippen LogP contribution in [-0.4, -0.2) is 36.2 Å². The molecule has 3 aromatic carbocycles. The second kappa shape index (κ2) is 10.1. The summed E-state index contributed by atoms with van der Waals surface area (Å²) >= 11 is 1.69. The summed E-state index contributed by atoms with van der Waals surface area (Å²) in [7, 11) is 1.95. The first-order valence-corrected chi connectivity index (χ1v) is 12.2. The van der Waals surface area contributed by atoms with Crippen LogP contribution < -0.4 is 10.2 Å². The Labute approximate surface area is 214 Å². The average molecular weight is 523 g/mol. The molecule has 0 atom stereocenters. The third kappa shape index (κ3) is 5.34. The average Bonchev–Trinajstić information content (AvgIpc) is 3.57. The minimum Gasteiger partial charge on any atom is -0.373 e. The molecular weight excluding hydrogens is 501 g/mol. The highest BCUT2D eigenvalue weighted by Gasteiger charge is 2.38. The Morgan fingerprint density at radius 3 is 2.57 bits per heavy atom. The molecule has 1 N–H and O–H groups in total. The summed E-state index contributed by atoms with van der Waals surface area (Å²) in [6.45, 7) is 0.936. The van der Waals surface area contributed by atoms with Crippen LogP contribution in [-0.2, 0) is 6.18 Å². The maximum Gasteiger partial charge on any atom is 0.471 e. The summed E-state index contributed by atoms with van der Waals surface area (Å²) in [6.07, 6.45) is -4.73. The van der Waals surface area contributed by atoms with E-state index in [1.807, 2.05) is 25.2 Å². The molecule has 0 aliphatic carbocycles. The van der Waals surface area contributed by atoms with Crippen LogP contribution in [0.25, 0.3) is 32.6 Å². The van der Waals surface area contributed by atoms with Crippen LogP contribution in [0.5, 0.6) is 0 Å². The third-order valence-corrected chi connectivity index (χ3v) is 6.81. The largest absolute Gasteiger partial charge is 0.471 e. The Bertz CT molecular complexity index is 1550. The van der Waals surface area contributed by atoms with Crippen molar-refractivity contribution in [3.8, 4) is 22.5 Å². The summed E-state index contributed by atoms with van der Waals surface area (Å²) in [5.41, 5.74) is 3.96. The molecule has 0 unspecified atom stereocenters. The molecule has 0 bridgehead atoms. The predicted octanol–water partition coefficient (Wildman–Crippen LogP) is 6.50. The molecule has 0 radical (unpaired) electrons. The predicted molar refractivity (Wildman–Crippen MR) is 138 cm³/mol. The van der Waals surface area contributed by atoms with Crippen molar-refractivity contribution in [3.05, 3.63) is 89.6 Å². The fraction of sp³-hybridized carbons (Fsp3) is 0.148. The quantitative estimate of drug-likeness (QED) is 0.264. The van der Waals surface area contributed by atoms with Crippen LogP contribution in [0.1, 0.15) is 16.2 Å². The normalized spacial score (nSPS) is 11.6. The van der Waals surface area contributed by atoms with E-state index in [4.69, 9.17) is 0 Å². The number of aromatic nitrogens is 2. The minimum atomic E-state index is -4.73. The van der Waals surface area contributed by atoms with Gasteiger partial charge in [0.15, 0.2) is 0 Å². The molecule has 37 heavy (non-hydrogen) atoms. The van der Waals surface area contributed by atoms with Crippen molar-refractivity contribution in [1.29, 1.82) is 0 Å². The lowest BCUT2D eigenvalue weighted by Gasteiger charge is -2.20. The van der Waals surface area contributed by atoms with Gasteiger partial charge < -0.3 is 14.7 Å². The van der Waals surface area contributed by atoms with Crippen molar-refractivity contribution < 1.29 is 22.5 Å². The lowest BCUT2D eigenvalue weighted by Crippen LogP contribution is -2.33. The Morgan fingerprint density at radius 1 is 1.03 bits per heavy atom. The van der Waals surface area contributed by atoms with E-state index in [9.17, 15) is 18.0 Å². The number of nitrogens with zero attached hydrogens (tertiary/aromatic N) is 3. The maximum absolute atomic E-state index is 12.7. The number of nitrogens with one attached hydrogen (secondary N) is 1. The summed E-state index contributed by atoms with van der Waals surface area (Å²) in [5, 5.41) is 9.58. The molecule has 5 aromatic rings. The molecule has 0 spiro atoms. The zero-order valence-corrected chi connectivity index (χ0v) is 20.4. The van der Waals surface area contributed by atoms with E-state index in [1.165, 1.54) is 33.3 Å². The molecule has 0 aliphatic rings. The lowest BCUT2D eigenvalue weighted by molar-refractivity contribution is -0.159. The van der Waals surface area contributed by atoms with Crippen LogP contribution in [0.15, 0.2) is 82.7 Å². The highest BCUT2D eigenvalue weighted by atomic mass is 32.1. The number of carbonyl (C=O) groups excluding carboxylic acids is 1. The lowest BCUT2D eigenvalue weighted by atomic mass is 10.0. The van der Waals surface area contributed by atoms with Gasteiger partial charge in [0.05, 0.1) is 0 Å². The zero-order chi connectivity index (χ0) is 26.0. The Hall–Kier alpha value is -4.18. The maximum atomic E-state index is 12.7. The molecule has 0 aliphatic heterocycles. The number of benzene rings is 3. The summed E-state index contributed by atoms with van der Waals surface area (Å²) in [6, 6.07) is 22.6. The third-order valence-electron chi connectivity index (χ3n) is 5.87. The van der Waals surface area contributed by atoms with E-state index < -0.39 is 12.1 Å². The van der Waals surface area contributed by atoms with Gasteiger partial charge in [0.25, 0.3) is 5.91 Å². The van der Waals surface area contributed by atoms with Crippen molar-refractivity contribution in [2.45, 2.75) is 6.18 Å². The molecule has 2 aromatic heterocycles. The van der Waals surface area contributed by atoms with Gasteiger partial charge in [-0.2, -0.15) is 18.2 Å². The topological polar surface area (TPSA) is 71.3 Å². The van der Waals surface area contributed by atoms with Gasteiger partial charge in [-0.3, -0.25) is 4.79 Å². The number of thiophene rings is 1. The standard InChI is InChI=1S/C27H21F3N4O2S/c1-34(20-10-11-21-22(16-37-23(21)15-20)17-6-3-2-4-7-17)13-12-31-25(35)19-9-5-8-18(14-19)24-32-26(36-33-24)27(28,29)30/h2-11,14-16H,12-13H2,1H3,(H,31,35). The minimum absolute atomic E-state index is 0.235. The number of amides is 1. The fourth-order valence-corrected chi connectivity index (χ4v) is 4.92. The van der Waals surface area contributed by atoms with Crippen LogP contribution >= 0.6 is 11.3 Å². The summed E-state index contributed by atoms with van der Waals surface area (Å²) in [5.74, 6) is -2.02. The number of anilines is 1. The van der Waals surface area contributed by atoms with E-state index in [2.05, 4.69) is 60.6 Å². The Balaban J connectivity index is 1.21. The summed E-state index contributed by atoms with van der Waals surface area (Å²) < 4.78 is 43.7. The Morgan fingerprint density at radius 2 is 1.81 bits per heavy atom. The van der Waals surface area contributed by atoms with Gasteiger partial charge >= 0.3 is 12.1 Å². The number of carbonyl (C=O) groups is 1. The molecule has 188 valence electrons. The van der Waals surface area contributed by atoms with Crippen LogP contribution in [0, 0.1) is 0 Å². The van der Waals surface area contributed by atoms with Gasteiger partial charge in [0, 0.05) is 52.6 Å². The number of fused-ring (bicyclic) bond motifs is 1. The van der Waals surface area contributed by atoms with Crippen molar-refractivity contribution >= 4 is 33.0 Å². The first kappa shape index (κ1) is 24.5. The molecule has 2 heterocycles. The van der Waals surface area contributed by atoms with Gasteiger partial charge in [-0.1, -0.05) is 53.7 Å². The summed E-state index contributed by atoms with van der Waals surface area (Å²) in [4.78, 5) is 18.1. The number of likely N-dealkylation sites (N-methyl/N-ethyl adjacent to an activating group) is 1. The molecule has 0 saturated heterocycles. The van der Waals surface area contributed by atoms with Gasteiger partial charge in [-0.05, 0) is 35.2 Å². The van der Waals surface area contributed by atoms with Crippen LogP contribution in [0.4, 0.5) is 18.9 Å². The second-order valence-corrected chi connectivity index (χ2v) is 9.29. The van der Waals surface area contributed by atoms with Gasteiger partial charge in [0.1, 0.15) is 0 Å². The molecule has 1 amide bonds. The molecule has 0 fully saturated rings. The van der Waals surface area contributed by atoms with Crippen molar-refractivity contribution in [1.82, 2.24) is 15.5 Å². The Kier molecular flexibility index (Phi) is 6.66. The fourth-order valence-electron chi connectivity index (χ4n) is 3.92. The molecular formula is C27H21F3N4O2S. The van der Waals surface area contributed by atoms with Crippen molar-refractivity contribution in [2.24, 2.45) is 0 Å². The molecule has 0 saturated carbocycles. The van der Waals surface area contributed by atoms with E-state index in [0.717, 1.165) is 5.69 Å². The number of rotatable bonds is 7. The van der Waals surface area contributed by atoms with E-state index in [-0.39, 0.29) is 22.9 Å². The number of halogens is 3. The first-order chi connectivity index (χ1) is 17.8. The zero-order valence-electron chi connectivity index (χ0n) is 19.6. The highest BCUT2D eigenvalue weighted by Crippen LogP contribution is 2.36. The monoisotopic (exact) mass is 522 g/mol. The van der Waals surface area contributed by atoms with E-state index in [0.29, 0.717) is 13.1 Å². The number of alkyl halides is 3. The van der Waals surface area contributed by atoms with Crippen LogP contribution in [0.3, 0.4) is 0 Å². The molecule has 5 rings (SSSR count). The van der Waals surface area contributed by atoms with E-state index in [1.54, 1.807) is 23.5 Å². The van der Waals surface area contributed by atoms with Crippen molar-refractivity contribution in [3.63, 3.8) is 0 Å². The first-order valence-electron chi connectivity index (χ1n) is 11.4. The smallest absolute Gasteiger partial charge is 0.373 e. The molecule has 10 heteroatoms. The highest BCUT2D eigenvalue weighted by molar-refractivity contribution is 7.17. The van der Waals surface area contributed by atoms with Gasteiger partial charge in [0.2, 0.25) is 5.82 Å². The van der Waals surface area contributed by atoms with Crippen molar-refractivity contribution in [2.75, 3.05) is 25.0 Å². The second-order valence-electron chi connectivity index (χ2n) is 8.38.